The first-order chi connectivity index (χ1) is 11.1. The highest BCUT2D eigenvalue weighted by molar-refractivity contribution is 9.10. The van der Waals surface area contributed by atoms with Crippen LogP contribution in [-0.4, -0.2) is 31.2 Å². The van der Waals surface area contributed by atoms with Crippen LogP contribution in [0.5, 0.6) is 0 Å². The van der Waals surface area contributed by atoms with Crippen molar-refractivity contribution in [3.05, 3.63) is 59.1 Å². The summed E-state index contributed by atoms with van der Waals surface area (Å²) in [4.78, 5) is 12.1. The summed E-state index contributed by atoms with van der Waals surface area (Å²) in [6.45, 7) is 1.98. The lowest BCUT2D eigenvalue weighted by molar-refractivity contribution is -0.113. The minimum Gasteiger partial charge on any atom is -0.325 e. The minimum absolute atomic E-state index is 0.0845. The summed E-state index contributed by atoms with van der Waals surface area (Å²) in [6.07, 6.45) is 5.38. The summed E-state index contributed by atoms with van der Waals surface area (Å²) in [7, 11) is 0. The molecule has 1 N–H and O–H groups in total. The molecular weight excluding hydrogens is 378 g/mol. The number of nitrogens with zero attached hydrogens (tertiary/aromatic N) is 4. The second kappa shape index (κ2) is 7.01. The molecule has 3 aromatic rings. The topological polar surface area (TPSA) is 64.7 Å². The van der Waals surface area contributed by atoms with E-state index in [2.05, 4.69) is 31.4 Å². The lowest BCUT2D eigenvalue weighted by Gasteiger charge is -2.08. The minimum atomic E-state index is -0.0845. The molecule has 0 aliphatic rings. The highest BCUT2D eigenvalue weighted by Crippen LogP contribution is 2.21. The largest absolute Gasteiger partial charge is 0.325 e. The average Bonchev–Trinajstić information content (AvgIpc) is 3.19. The zero-order chi connectivity index (χ0) is 16.2. The maximum Gasteiger partial charge on any atom is 0.234 e. The molecule has 0 spiro atoms. The molecule has 0 atom stereocenters. The molecule has 8 heteroatoms. The van der Waals surface area contributed by atoms with Crippen molar-refractivity contribution < 1.29 is 4.79 Å². The van der Waals surface area contributed by atoms with E-state index in [0.29, 0.717) is 5.16 Å². The fraction of sp³-hybridized carbons (Fsp3) is 0.133. The Hall–Kier alpha value is -2.06. The summed E-state index contributed by atoms with van der Waals surface area (Å²) in [5.41, 5.74) is 1.85. The van der Waals surface area contributed by atoms with E-state index in [4.69, 9.17) is 0 Å². The predicted octanol–water partition coefficient (Wildman–Crippen LogP) is 3.19. The maximum atomic E-state index is 12.1. The molecule has 0 bridgehead atoms. The normalized spacial score (nSPS) is 10.7. The number of hydrogen-bond acceptors (Lipinski definition) is 4. The van der Waals surface area contributed by atoms with Gasteiger partial charge in [0, 0.05) is 22.6 Å². The van der Waals surface area contributed by atoms with Crippen molar-refractivity contribution in [2.24, 2.45) is 0 Å². The van der Waals surface area contributed by atoms with Crippen LogP contribution in [0.25, 0.3) is 0 Å². The summed E-state index contributed by atoms with van der Waals surface area (Å²) in [6, 6.07) is 9.53. The number of carbonyl (C=O) groups is 1. The zero-order valence-corrected chi connectivity index (χ0v) is 14.7. The van der Waals surface area contributed by atoms with Gasteiger partial charge in [0.1, 0.15) is 6.33 Å². The lowest BCUT2D eigenvalue weighted by atomic mass is 10.2. The van der Waals surface area contributed by atoms with E-state index < -0.39 is 0 Å². The molecule has 1 aromatic carbocycles. The van der Waals surface area contributed by atoms with Gasteiger partial charge in [-0.3, -0.25) is 9.47 Å². The lowest BCUT2D eigenvalue weighted by Crippen LogP contribution is -2.15. The molecule has 0 radical (unpaired) electrons. The Balaban J connectivity index is 1.61. The van der Waals surface area contributed by atoms with E-state index in [1.54, 1.807) is 11.0 Å². The van der Waals surface area contributed by atoms with Gasteiger partial charge in [-0.15, -0.1) is 10.2 Å². The molecule has 0 saturated heterocycles. The van der Waals surface area contributed by atoms with E-state index in [9.17, 15) is 4.79 Å². The van der Waals surface area contributed by atoms with Gasteiger partial charge in [-0.25, -0.2) is 4.68 Å². The van der Waals surface area contributed by atoms with Gasteiger partial charge in [-0.1, -0.05) is 27.7 Å². The predicted molar refractivity (Wildman–Crippen MR) is 93.5 cm³/mol. The third kappa shape index (κ3) is 3.83. The molecule has 23 heavy (non-hydrogen) atoms. The highest BCUT2D eigenvalue weighted by Gasteiger charge is 2.10. The quantitative estimate of drug-likeness (QED) is 0.678. The number of thioether (sulfide) groups is 1. The van der Waals surface area contributed by atoms with Crippen molar-refractivity contribution in [3.8, 4) is 0 Å². The highest BCUT2D eigenvalue weighted by atomic mass is 79.9. The molecular formula is C15H14BrN5OS. The van der Waals surface area contributed by atoms with Crippen molar-refractivity contribution in [3.63, 3.8) is 0 Å². The Bertz CT molecular complexity index is 815. The average molecular weight is 392 g/mol. The number of halogens is 1. The second-order valence-electron chi connectivity index (χ2n) is 4.82. The van der Waals surface area contributed by atoms with Crippen molar-refractivity contribution in [1.29, 1.82) is 0 Å². The van der Waals surface area contributed by atoms with Crippen molar-refractivity contribution in [2.75, 3.05) is 11.1 Å². The number of aromatic nitrogens is 4. The van der Waals surface area contributed by atoms with Gasteiger partial charge < -0.3 is 5.32 Å². The smallest absolute Gasteiger partial charge is 0.234 e. The Morgan fingerprint density at radius 3 is 2.87 bits per heavy atom. The van der Waals surface area contributed by atoms with Gasteiger partial charge in [0.25, 0.3) is 0 Å². The third-order valence-electron chi connectivity index (χ3n) is 3.11. The summed E-state index contributed by atoms with van der Waals surface area (Å²) >= 11 is 4.78. The number of nitrogens with one attached hydrogen (secondary N) is 1. The monoisotopic (exact) mass is 391 g/mol. The van der Waals surface area contributed by atoms with Gasteiger partial charge in [-0.05, 0) is 42.8 Å². The molecule has 118 valence electrons. The van der Waals surface area contributed by atoms with Crippen molar-refractivity contribution in [2.45, 2.75) is 12.1 Å². The number of amides is 1. The molecule has 6 nitrogen and oxygen atoms in total. The van der Waals surface area contributed by atoms with Crippen LogP contribution >= 0.6 is 27.7 Å². The van der Waals surface area contributed by atoms with E-state index in [-0.39, 0.29) is 11.7 Å². The number of rotatable bonds is 5. The first kappa shape index (κ1) is 15.8. The van der Waals surface area contributed by atoms with Crippen LogP contribution in [0.15, 0.2) is 58.7 Å². The molecule has 0 unspecified atom stereocenters. The van der Waals surface area contributed by atoms with Gasteiger partial charge in [-0.2, -0.15) is 0 Å². The van der Waals surface area contributed by atoms with Gasteiger partial charge in [0.2, 0.25) is 11.1 Å². The van der Waals surface area contributed by atoms with Gasteiger partial charge in [0.05, 0.1) is 5.75 Å². The number of aryl methyl sites for hydroxylation is 1. The first-order valence-electron chi connectivity index (χ1n) is 6.86. The second-order valence-corrected chi connectivity index (χ2v) is 6.62. The van der Waals surface area contributed by atoms with Gasteiger partial charge >= 0.3 is 0 Å². The Labute approximate surface area is 146 Å². The molecule has 2 heterocycles. The molecule has 3 rings (SSSR count). The van der Waals surface area contributed by atoms with E-state index in [1.165, 1.54) is 11.8 Å². The number of benzene rings is 1. The molecule has 0 saturated carbocycles. The van der Waals surface area contributed by atoms with Crippen LogP contribution in [0.3, 0.4) is 0 Å². The van der Waals surface area contributed by atoms with E-state index in [0.717, 1.165) is 15.7 Å². The molecule has 0 aliphatic carbocycles. The van der Waals surface area contributed by atoms with Crippen molar-refractivity contribution in [1.82, 2.24) is 19.5 Å². The summed E-state index contributed by atoms with van der Waals surface area (Å²) in [5.74, 6) is 0.175. The molecule has 0 aliphatic heterocycles. The Kier molecular flexibility index (Phi) is 4.82. The molecule has 1 amide bonds. The van der Waals surface area contributed by atoms with Gasteiger partial charge in [0.15, 0.2) is 0 Å². The Morgan fingerprint density at radius 1 is 1.35 bits per heavy atom. The third-order valence-corrected chi connectivity index (χ3v) is 4.94. The Morgan fingerprint density at radius 2 is 2.13 bits per heavy atom. The summed E-state index contributed by atoms with van der Waals surface area (Å²) < 4.78 is 4.64. The van der Waals surface area contributed by atoms with Crippen LogP contribution in [0.4, 0.5) is 5.69 Å². The number of hydrogen-bond donors (Lipinski definition) is 1. The fourth-order valence-electron chi connectivity index (χ4n) is 1.99. The van der Waals surface area contributed by atoms with Crippen molar-refractivity contribution >= 4 is 39.3 Å². The SMILES string of the molecule is Cc1cc(NC(=O)CSc2nncn2-n2cccc2)ccc1Br. The van der Waals surface area contributed by atoms with E-state index >= 15 is 0 Å². The van der Waals surface area contributed by atoms with Crippen LogP contribution < -0.4 is 5.32 Å². The number of anilines is 1. The molecule has 0 fully saturated rings. The van der Waals surface area contributed by atoms with Crippen LogP contribution in [0.2, 0.25) is 0 Å². The fourth-order valence-corrected chi connectivity index (χ4v) is 2.95. The van der Waals surface area contributed by atoms with Crippen LogP contribution in [0, 0.1) is 6.92 Å². The van der Waals surface area contributed by atoms with E-state index in [1.807, 2.05) is 54.3 Å². The maximum absolute atomic E-state index is 12.1. The summed E-state index contributed by atoms with van der Waals surface area (Å²) in [5, 5.41) is 11.5. The zero-order valence-electron chi connectivity index (χ0n) is 12.3. The van der Waals surface area contributed by atoms with Crippen LogP contribution in [0.1, 0.15) is 5.56 Å². The van der Waals surface area contributed by atoms with Crippen LogP contribution in [-0.2, 0) is 4.79 Å². The number of carbonyl (C=O) groups excluding carboxylic acids is 1. The standard InChI is InChI=1S/C15H14BrN5OS/c1-11-8-12(4-5-13(11)16)18-14(22)9-23-15-19-17-10-21(15)20-6-2-3-7-20/h2-8,10H,9H2,1H3,(H,18,22). The molecule has 2 aromatic heterocycles. The first-order valence-corrected chi connectivity index (χ1v) is 8.64.